The molecule has 34 heavy (non-hydrogen) atoms. The van der Waals surface area contributed by atoms with Gasteiger partial charge < -0.3 is 9.26 Å². The Balaban J connectivity index is 1.69. The van der Waals surface area contributed by atoms with Crippen LogP contribution in [-0.4, -0.2) is 21.8 Å². The summed E-state index contributed by atoms with van der Waals surface area (Å²) < 4.78 is 65.3. The van der Waals surface area contributed by atoms with E-state index in [0.29, 0.717) is 24.0 Å². The predicted octanol–water partition coefficient (Wildman–Crippen LogP) is 5.34. The minimum atomic E-state index is -4.92. The molecule has 0 aliphatic heterocycles. The number of halogens is 4. The van der Waals surface area contributed by atoms with Gasteiger partial charge in [0.25, 0.3) is 5.56 Å². The van der Waals surface area contributed by atoms with Crippen LogP contribution in [-0.2, 0) is 19.1 Å². The maximum Gasteiger partial charge on any atom is 0.419 e. The molecule has 0 saturated carbocycles. The Morgan fingerprint density at radius 1 is 1.03 bits per heavy atom. The normalized spacial score (nSPS) is 11.6. The van der Waals surface area contributed by atoms with Gasteiger partial charge >= 0.3 is 6.18 Å². The molecule has 2 aromatic carbocycles. The summed E-state index contributed by atoms with van der Waals surface area (Å²) in [5.74, 6) is -1.35. The Morgan fingerprint density at radius 3 is 2.41 bits per heavy atom. The SMILES string of the molecule is CCc1nc(-c2ccccc2)cc(=O)n1Cc1cc(-c2cc(OC)c(F)c(C(F)(F)F)c2)no1. The molecule has 0 amide bonds. The lowest BCUT2D eigenvalue weighted by Gasteiger charge is -2.12. The minimum Gasteiger partial charge on any atom is -0.494 e. The molecule has 0 aliphatic rings. The zero-order valence-electron chi connectivity index (χ0n) is 18.2. The molecule has 4 rings (SSSR count). The molecule has 0 aliphatic carbocycles. The number of rotatable bonds is 6. The van der Waals surface area contributed by atoms with Gasteiger partial charge in [-0.05, 0) is 12.1 Å². The van der Waals surface area contributed by atoms with Crippen LogP contribution in [0, 0.1) is 5.82 Å². The lowest BCUT2D eigenvalue weighted by atomic mass is 10.1. The van der Waals surface area contributed by atoms with E-state index >= 15 is 0 Å². The molecule has 0 unspecified atom stereocenters. The molecule has 176 valence electrons. The number of nitrogens with zero attached hydrogens (tertiary/aromatic N) is 3. The van der Waals surface area contributed by atoms with Crippen molar-refractivity contribution in [3.05, 3.63) is 87.9 Å². The first kappa shape index (κ1) is 23.2. The Labute approximate surface area is 191 Å². The fourth-order valence-electron chi connectivity index (χ4n) is 3.53. The Bertz CT molecular complexity index is 1380. The van der Waals surface area contributed by atoms with Crippen LogP contribution in [0.5, 0.6) is 5.75 Å². The monoisotopic (exact) mass is 473 g/mol. The van der Waals surface area contributed by atoms with Crippen LogP contribution in [0.4, 0.5) is 17.6 Å². The number of hydrogen-bond donors (Lipinski definition) is 0. The summed E-state index contributed by atoms with van der Waals surface area (Å²) in [6, 6.07) is 13.8. The van der Waals surface area contributed by atoms with Crippen LogP contribution in [0.3, 0.4) is 0 Å². The first-order valence-electron chi connectivity index (χ1n) is 10.3. The van der Waals surface area contributed by atoms with Crippen molar-refractivity contribution in [2.24, 2.45) is 0 Å². The number of ether oxygens (including phenoxy) is 1. The van der Waals surface area contributed by atoms with Crippen LogP contribution < -0.4 is 10.3 Å². The van der Waals surface area contributed by atoms with Crippen molar-refractivity contribution >= 4 is 0 Å². The van der Waals surface area contributed by atoms with Crippen molar-refractivity contribution in [2.75, 3.05) is 7.11 Å². The van der Waals surface area contributed by atoms with Crippen LogP contribution in [0.15, 0.2) is 63.9 Å². The van der Waals surface area contributed by atoms with E-state index < -0.39 is 23.3 Å². The highest BCUT2D eigenvalue weighted by atomic mass is 19.4. The maximum absolute atomic E-state index is 14.1. The average Bonchev–Trinajstić information content (AvgIpc) is 3.29. The van der Waals surface area contributed by atoms with Gasteiger partial charge in [0.05, 0.1) is 24.9 Å². The van der Waals surface area contributed by atoms with E-state index in [1.54, 1.807) is 0 Å². The molecule has 10 heteroatoms. The van der Waals surface area contributed by atoms with E-state index in [0.717, 1.165) is 18.7 Å². The van der Waals surface area contributed by atoms with E-state index in [-0.39, 0.29) is 29.1 Å². The highest BCUT2D eigenvalue weighted by Crippen LogP contribution is 2.38. The fourth-order valence-corrected chi connectivity index (χ4v) is 3.53. The molecule has 6 nitrogen and oxygen atoms in total. The third-order valence-corrected chi connectivity index (χ3v) is 5.21. The average molecular weight is 473 g/mol. The summed E-state index contributed by atoms with van der Waals surface area (Å²) in [7, 11) is 1.07. The highest BCUT2D eigenvalue weighted by Gasteiger charge is 2.36. The first-order valence-corrected chi connectivity index (χ1v) is 10.3. The summed E-state index contributed by atoms with van der Waals surface area (Å²) in [4.78, 5) is 17.4. The molecule has 2 aromatic heterocycles. The van der Waals surface area contributed by atoms with E-state index in [4.69, 9.17) is 9.26 Å². The van der Waals surface area contributed by atoms with Crippen molar-refractivity contribution < 1.29 is 26.8 Å². The Hall–Kier alpha value is -3.95. The molecule has 0 saturated heterocycles. The van der Waals surface area contributed by atoms with Crippen molar-refractivity contribution in [3.8, 4) is 28.3 Å². The minimum absolute atomic E-state index is 0.0263. The molecule has 0 fully saturated rings. The molecular weight excluding hydrogens is 454 g/mol. The summed E-state index contributed by atoms with van der Waals surface area (Å²) in [5, 5.41) is 3.81. The zero-order chi connectivity index (χ0) is 24.5. The second-order valence-corrected chi connectivity index (χ2v) is 7.42. The highest BCUT2D eigenvalue weighted by molar-refractivity contribution is 5.63. The van der Waals surface area contributed by atoms with Gasteiger partial charge in [-0.25, -0.2) is 9.37 Å². The van der Waals surface area contributed by atoms with Crippen LogP contribution >= 0.6 is 0 Å². The van der Waals surface area contributed by atoms with Crippen LogP contribution in [0.2, 0.25) is 0 Å². The predicted molar refractivity (Wildman–Crippen MR) is 116 cm³/mol. The molecule has 0 N–H and O–H groups in total. The lowest BCUT2D eigenvalue weighted by molar-refractivity contribution is -0.140. The molecule has 0 atom stereocenters. The Kier molecular flexibility index (Phi) is 6.23. The number of methoxy groups -OCH3 is 1. The van der Waals surface area contributed by atoms with Gasteiger partial charge in [0.2, 0.25) is 0 Å². The topological polar surface area (TPSA) is 70.2 Å². The second kappa shape index (κ2) is 9.12. The van der Waals surface area contributed by atoms with Gasteiger partial charge in [0.1, 0.15) is 11.5 Å². The zero-order valence-corrected chi connectivity index (χ0v) is 18.2. The fraction of sp³-hybridized carbons (Fsp3) is 0.208. The molecule has 0 radical (unpaired) electrons. The quantitative estimate of drug-likeness (QED) is 0.354. The van der Waals surface area contributed by atoms with Gasteiger partial charge in [-0.2, -0.15) is 13.2 Å². The largest absolute Gasteiger partial charge is 0.494 e. The number of hydrogen-bond acceptors (Lipinski definition) is 5. The van der Waals surface area contributed by atoms with Gasteiger partial charge in [-0.3, -0.25) is 9.36 Å². The van der Waals surface area contributed by atoms with Gasteiger partial charge in [0, 0.05) is 29.7 Å². The van der Waals surface area contributed by atoms with Crippen molar-refractivity contribution in [1.29, 1.82) is 0 Å². The molecule has 0 spiro atoms. The Morgan fingerprint density at radius 2 is 1.76 bits per heavy atom. The van der Waals surface area contributed by atoms with Gasteiger partial charge in [-0.1, -0.05) is 42.4 Å². The standard InChI is InChI=1S/C24H19F4N3O3/c1-3-21-29-18(14-7-5-4-6-8-14)12-22(32)31(21)13-16-11-19(30-34-16)15-9-17(24(26,27)28)23(25)20(10-15)33-2/h4-12H,3,13H2,1-2H3. The summed E-state index contributed by atoms with van der Waals surface area (Å²) in [6.07, 6.45) is -4.46. The number of aryl methyl sites for hydroxylation is 1. The van der Waals surface area contributed by atoms with E-state index in [2.05, 4.69) is 10.1 Å². The number of alkyl halides is 3. The smallest absolute Gasteiger partial charge is 0.419 e. The summed E-state index contributed by atoms with van der Waals surface area (Å²) in [6.45, 7) is 1.82. The van der Waals surface area contributed by atoms with Crippen LogP contribution in [0.25, 0.3) is 22.5 Å². The van der Waals surface area contributed by atoms with Crippen molar-refractivity contribution in [3.63, 3.8) is 0 Å². The molecular formula is C24H19F4N3O3. The van der Waals surface area contributed by atoms with Gasteiger partial charge in [-0.15, -0.1) is 0 Å². The molecule has 0 bridgehead atoms. The van der Waals surface area contributed by atoms with Crippen molar-refractivity contribution in [1.82, 2.24) is 14.7 Å². The van der Waals surface area contributed by atoms with E-state index in [1.807, 2.05) is 37.3 Å². The third kappa shape index (κ3) is 4.57. The number of benzene rings is 2. The summed E-state index contributed by atoms with van der Waals surface area (Å²) >= 11 is 0. The molecule has 2 heterocycles. The number of aromatic nitrogens is 3. The maximum atomic E-state index is 14.1. The van der Waals surface area contributed by atoms with Crippen molar-refractivity contribution in [2.45, 2.75) is 26.1 Å². The van der Waals surface area contributed by atoms with Crippen LogP contribution in [0.1, 0.15) is 24.1 Å². The third-order valence-electron chi connectivity index (χ3n) is 5.21. The summed E-state index contributed by atoms with van der Waals surface area (Å²) in [5.41, 5.74) is -0.452. The lowest BCUT2D eigenvalue weighted by Crippen LogP contribution is -2.25. The molecule has 4 aromatic rings. The van der Waals surface area contributed by atoms with E-state index in [9.17, 15) is 22.4 Å². The first-order chi connectivity index (χ1) is 16.2. The van der Waals surface area contributed by atoms with E-state index in [1.165, 1.54) is 16.7 Å². The second-order valence-electron chi connectivity index (χ2n) is 7.42. The van der Waals surface area contributed by atoms with Gasteiger partial charge in [0.15, 0.2) is 17.3 Å².